The third-order valence-electron chi connectivity index (χ3n) is 4.87. The Bertz CT molecular complexity index is 697. The van der Waals surface area contributed by atoms with Crippen LogP contribution in [0.3, 0.4) is 0 Å². The van der Waals surface area contributed by atoms with Gasteiger partial charge in [-0.3, -0.25) is 4.79 Å². The maximum absolute atomic E-state index is 12.6. The smallest absolute Gasteiger partial charge is 0.273 e. The zero-order valence-electron chi connectivity index (χ0n) is 14.0. The van der Waals surface area contributed by atoms with Gasteiger partial charge in [0.1, 0.15) is 5.69 Å². The minimum Gasteiger partial charge on any atom is -0.381 e. The van der Waals surface area contributed by atoms with Crippen LogP contribution in [0.1, 0.15) is 35.1 Å². The monoisotopic (exact) mass is 362 g/mol. The molecule has 1 saturated heterocycles. The van der Waals surface area contributed by atoms with Crippen molar-refractivity contribution in [1.82, 2.24) is 19.4 Å². The van der Waals surface area contributed by atoms with Crippen molar-refractivity contribution in [3.8, 4) is 0 Å². The molecule has 0 aromatic carbocycles. The van der Waals surface area contributed by atoms with Crippen LogP contribution in [-0.4, -0.2) is 58.3 Å². The van der Waals surface area contributed by atoms with Gasteiger partial charge in [0.2, 0.25) is 0 Å². The van der Waals surface area contributed by atoms with Gasteiger partial charge in [-0.05, 0) is 18.8 Å². The molecule has 1 atom stereocenters. The minimum absolute atomic E-state index is 0.0249. The predicted molar refractivity (Wildman–Crippen MR) is 92.5 cm³/mol. The van der Waals surface area contributed by atoms with E-state index in [-0.39, 0.29) is 11.9 Å². The zero-order valence-corrected chi connectivity index (χ0v) is 14.9. The maximum atomic E-state index is 12.6. The zero-order chi connectivity index (χ0) is 17.1. The third kappa shape index (κ3) is 3.75. The molecule has 1 unspecified atom stereocenters. The van der Waals surface area contributed by atoms with Gasteiger partial charge in [-0.2, -0.15) is 0 Å². The summed E-state index contributed by atoms with van der Waals surface area (Å²) >= 11 is 1.44. The molecular formula is C17H22N4O3S. The fourth-order valence-corrected chi connectivity index (χ4v) is 3.96. The quantitative estimate of drug-likeness (QED) is 0.813. The van der Waals surface area contributed by atoms with Crippen molar-refractivity contribution in [2.24, 2.45) is 5.92 Å². The Morgan fingerprint density at radius 1 is 1.36 bits per heavy atom. The standard InChI is InChI=1S/C17H22N4O3S/c22-17(16-10-25-12-19-16)20-6-14-5-18-11-21(14)15(7-20)9-24-8-13-1-3-23-4-2-13/h5,10-13,15H,1-4,6-9H2. The number of hydrogen-bond acceptors (Lipinski definition) is 6. The van der Waals surface area contributed by atoms with Crippen LogP contribution in [0.4, 0.5) is 0 Å². The second-order valence-corrected chi connectivity index (χ2v) is 7.32. The van der Waals surface area contributed by atoms with E-state index in [9.17, 15) is 4.79 Å². The van der Waals surface area contributed by atoms with Crippen molar-refractivity contribution in [2.75, 3.05) is 33.0 Å². The van der Waals surface area contributed by atoms with Crippen molar-refractivity contribution >= 4 is 17.2 Å². The minimum atomic E-state index is -0.0249. The number of carbonyl (C=O) groups excluding carboxylic acids is 1. The van der Waals surface area contributed by atoms with Gasteiger partial charge in [0.15, 0.2) is 0 Å². The first-order valence-corrected chi connectivity index (χ1v) is 9.59. The molecule has 7 nitrogen and oxygen atoms in total. The molecule has 1 fully saturated rings. The number of ether oxygens (including phenoxy) is 2. The first kappa shape index (κ1) is 16.7. The molecule has 4 rings (SSSR count). The summed E-state index contributed by atoms with van der Waals surface area (Å²) in [6, 6.07) is 0.0914. The van der Waals surface area contributed by atoms with Crippen LogP contribution in [0.5, 0.6) is 0 Å². The number of fused-ring (bicyclic) bond motifs is 1. The first-order valence-electron chi connectivity index (χ1n) is 8.65. The van der Waals surface area contributed by atoms with Gasteiger partial charge >= 0.3 is 0 Å². The topological polar surface area (TPSA) is 69.5 Å². The summed E-state index contributed by atoms with van der Waals surface area (Å²) in [5.74, 6) is 0.551. The maximum Gasteiger partial charge on any atom is 0.273 e. The molecule has 2 aromatic rings. The van der Waals surface area contributed by atoms with E-state index in [4.69, 9.17) is 9.47 Å². The fourth-order valence-electron chi connectivity index (χ4n) is 3.44. The van der Waals surface area contributed by atoms with Crippen LogP contribution >= 0.6 is 11.3 Å². The van der Waals surface area contributed by atoms with Gasteiger partial charge in [-0.25, -0.2) is 9.97 Å². The van der Waals surface area contributed by atoms with Crippen molar-refractivity contribution in [2.45, 2.75) is 25.4 Å². The Balaban J connectivity index is 1.39. The van der Waals surface area contributed by atoms with Crippen LogP contribution in [-0.2, 0) is 16.0 Å². The average molecular weight is 362 g/mol. The highest BCUT2D eigenvalue weighted by atomic mass is 32.1. The van der Waals surface area contributed by atoms with Gasteiger partial charge in [0.25, 0.3) is 5.91 Å². The van der Waals surface area contributed by atoms with Crippen LogP contribution in [0, 0.1) is 5.92 Å². The molecule has 1 amide bonds. The highest BCUT2D eigenvalue weighted by Crippen LogP contribution is 2.23. The number of thiazole rings is 1. The highest BCUT2D eigenvalue weighted by molar-refractivity contribution is 7.07. The van der Waals surface area contributed by atoms with E-state index in [0.29, 0.717) is 31.3 Å². The Labute approximate surface area is 150 Å². The molecular weight excluding hydrogens is 340 g/mol. The lowest BCUT2D eigenvalue weighted by Crippen LogP contribution is -2.42. The molecule has 134 valence electrons. The number of aromatic nitrogens is 3. The molecule has 2 aromatic heterocycles. The molecule has 0 aliphatic carbocycles. The Hall–Kier alpha value is -1.77. The summed E-state index contributed by atoms with van der Waals surface area (Å²) in [5.41, 5.74) is 3.24. The average Bonchev–Trinajstić information content (AvgIpc) is 3.33. The second-order valence-electron chi connectivity index (χ2n) is 6.60. The summed E-state index contributed by atoms with van der Waals surface area (Å²) in [7, 11) is 0. The van der Waals surface area contributed by atoms with E-state index < -0.39 is 0 Å². The summed E-state index contributed by atoms with van der Waals surface area (Å²) < 4.78 is 13.5. The highest BCUT2D eigenvalue weighted by Gasteiger charge is 2.29. The number of imidazole rings is 1. The number of hydrogen-bond donors (Lipinski definition) is 0. The van der Waals surface area contributed by atoms with E-state index in [1.807, 2.05) is 17.4 Å². The van der Waals surface area contributed by atoms with Crippen molar-refractivity contribution in [3.63, 3.8) is 0 Å². The van der Waals surface area contributed by atoms with Crippen molar-refractivity contribution in [3.05, 3.63) is 34.8 Å². The number of amides is 1. The van der Waals surface area contributed by atoms with E-state index in [2.05, 4.69) is 14.5 Å². The van der Waals surface area contributed by atoms with E-state index in [1.54, 1.807) is 10.9 Å². The van der Waals surface area contributed by atoms with Gasteiger partial charge in [-0.15, -0.1) is 11.3 Å². The lowest BCUT2D eigenvalue weighted by Gasteiger charge is -2.34. The van der Waals surface area contributed by atoms with Crippen LogP contribution in [0.15, 0.2) is 23.4 Å². The molecule has 25 heavy (non-hydrogen) atoms. The van der Waals surface area contributed by atoms with Crippen molar-refractivity contribution < 1.29 is 14.3 Å². The lowest BCUT2D eigenvalue weighted by atomic mass is 10.0. The summed E-state index contributed by atoms with van der Waals surface area (Å²) in [5, 5.41) is 1.80. The van der Waals surface area contributed by atoms with Gasteiger partial charge in [0, 0.05) is 37.9 Å². The SMILES string of the molecule is O=C(c1cscn1)N1Cc2cncn2C(COCC2CCOCC2)C1. The van der Waals surface area contributed by atoms with E-state index in [1.165, 1.54) is 11.3 Å². The molecule has 2 aliphatic rings. The second kappa shape index (κ2) is 7.63. The molecule has 8 heteroatoms. The van der Waals surface area contributed by atoms with E-state index in [0.717, 1.165) is 38.4 Å². The molecule has 0 saturated carbocycles. The third-order valence-corrected chi connectivity index (χ3v) is 5.45. The van der Waals surface area contributed by atoms with Crippen LogP contribution in [0.2, 0.25) is 0 Å². The normalized spacial score (nSPS) is 21.3. The Kier molecular flexibility index (Phi) is 5.09. The molecule has 2 aliphatic heterocycles. The Morgan fingerprint density at radius 2 is 2.24 bits per heavy atom. The van der Waals surface area contributed by atoms with Crippen LogP contribution in [0.25, 0.3) is 0 Å². The molecule has 0 spiro atoms. The van der Waals surface area contributed by atoms with Gasteiger partial charge in [-0.1, -0.05) is 0 Å². The molecule has 4 heterocycles. The van der Waals surface area contributed by atoms with Crippen molar-refractivity contribution in [1.29, 1.82) is 0 Å². The Morgan fingerprint density at radius 3 is 3.04 bits per heavy atom. The summed E-state index contributed by atoms with van der Waals surface area (Å²) in [6.45, 7) is 4.18. The number of nitrogens with zero attached hydrogens (tertiary/aromatic N) is 4. The molecule has 0 N–H and O–H groups in total. The molecule has 0 radical (unpaired) electrons. The first-order chi connectivity index (χ1) is 12.3. The lowest BCUT2D eigenvalue weighted by molar-refractivity contribution is 0.00596. The fraction of sp³-hybridized carbons (Fsp3) is 0.588. The summed E-state index contributed by atoms with van der Waals surface area (Å²) in [6.07, 6.45) is 5.79. The number of carbonyl (C=O) groups is 1. The van der Waals surface area contributed by atoms with E-state index >= 15 is 0 Å². The predicted octanol–water partition coefficient (Wildman–Crippen LogP) is 1.98. The summed E-state index contributed by atoms with van der Waals surface area (Å²) in [4.78, 5) is 22.9. The van der Waals surface area contributed by atoms with Crippen LogP contribution < -0.4 is 0 Å². The molecule has 0 bridgehead atoms. The van der Waals surface area contributed by atoms with Gasteiger partial charge in [0.05, 0.1) is 36.7 Å². The van der Waals surface area contributed by atoms with Gasteiger partial charge < -0.3 is 18.9 Å². The number of rotatable bonds is 5. The largest absolute Gasteiger partial charge is 0.381 e.